The van der Waals surface area contributed by atoms with E-state index in [9.17, 15) is 13.7 Å². The maximum absolute atomic E-state index is 10.4. The first-order valence-corrected chi connectivity index (χ1v) is 10.5. The van der Waals surface area contributed by atoms with Crippen molar-refractivity contribution in [3.63, 3.8) is 0 Å². The minimum absolute atomic E-state index is 0.365. The molecule has 2 heterocycles. The van der Waals surface area contributed by atoms with E-state index in [0.29, 0.717) is 21.3 Å². The van der Waals surface area contributed by atoms with Gasteiger partial charge in [0.15, 0.2) is 0 Å². The summed E-state index contributed by atoms with van der Waals surface area (Å²) >= 11 is 2.67. The van der Waals surface area contributed by atoms with Crippen molar-refractivity contribution in [3.05, 3.63) is 17.2 Å². The number of fused-ring (bicyclic) bond motifs is 1. The molecule has 7 N–H and O–H groups in total. The summed E-state index contributed by atoms with van der Waals surface area (Å²) in [6.45, 7) is 0. The molecule has 2 rings (SSSR count). The number of nitrogen functional groups attached to an aromatic ring is 1. The van der Waals surface area contributed by atoms with Gasteiger partial charge in [0, 0.05) is 0 Å². The molecule has 0 unspecified atom stereocenters. The van der Waals surface area contributed by atoms with E-state index in [4.69, 9.17) is 30.2 Å². The van der Waals surface area contributed by atoms with Gasteiger partial charge in [-0.25, -0.2) is 13.7 Å². The van der Waals surface area contributed by atoms with Gasteiger partial charge in [-0.1, -0.05) is 0 Å². The number of anilines is 1. The predicted molar refractivity (Wildman–Crippen MR) is 75.6 cm³/mol. The van der Waals surface area contributed by atoms with Crippen molar-refractivity contribution in [2.45, 2.75) is 0 Å². The number of nitrogens with two attached hydrogens (primary N) is 1. The number of nitrogens with zero attached hydrogens (tertiary/aromatic N) is 4. The second-order valence-electron chi connectivity index (χ2n) is 3.55. The molecule has 19 heteroatoms. The van der Waals surface area contributed by atoms with Crippen LogP contribution in [0.2, 0.25) is 0 Å². The molecule has 0 saturated carbocycles. The van der Waals surface area contributed by atoms with Crippen LogP contribution in [0.25, 0.3) is 0 Å². The molecule has 0 aliphatic carbocycles. The molecule has 1 aliphatic rings. The third-order valence-corrected chi connectivity index (χ3v) is 5.40. The minimum Gasteiger partial charge on any atom is -0.302 e. The number of phosphoric acid groups is 3. The molecule has 134 valence electrons. The van der Waals surface area contributed by atoms with Gasteiger partial charge in [0.05, 0.1) is 0 Å². The zero-order valence-corrected chi connectivity index (χ0v) is 15.4. The van der Waals surface area contributed by atoms with Gasteiger partial charge in [-0.2, -0.15) is 8.62 Å². The molecule has 1 aliphatic heterocycles. The Morgan fingerprint density at radius 2 is 1.46 bits per heavy atom. The van der Waals surface area contributed by atoms with E-state index in [-0.39, 0.29) is 0 Å². The maximum Gasteiger partial charge on any atom is 0.490 e. The van der Waals surface area contributed by atoms with Gasteiger partial charge in [0.2, 0.25) is 0 Å². The van der Waals surface area contributed by atoms with Gasteiger partial charge < -0.3 is 24.5 Å². The van der Waals surface area contributed by atoms with Crippen molar-refractivity contribution >= 4 is 49.5 Å². The summed E-state index contributed by atoms with van der Waals surface area (Å²) in [7, 11) is -16.2. The zero-order valence-electron chi connectivity index (χ0n) is 11.0. The van der Waals surface area contributed by atoms with E-state index in [1.54, 1.807) is 0 Å². The quantitative estimate of drug-likeness (QED) is 0.188. The molecule has 0 fully saturated rings. The monoisotopic (exact) mass is 471 g/mol. The average Bonchev–Trinajstić information content (AvgIpc) is 2.65. The third kappa shape index (κ3) is 7.90. The summed E-state index contributed by atoms with van der Waals surface area (Å²) in [4.78, 5) is 55.8. The summed E-state index contributed by atoms with van der Waals surface area (Å²) in [5.41, 5.74) is 6.04. The van der Waals surface area contributed by atoms with Gasteiger partial charge in [-0.3, -0.25) is 0 Å². The van der Waals surface area contributed by atoms with Crippen LogP contribution in [0, 0.1) is 0 Å². The standard InChI is InChI=1S/C5H3N5Se.H5O10P3/c6-3-2-4(8-1-7-3)10-5(11)9-2;1-11(2,3)9-13(7,8)10-12(4,5)6/h1H,(H2,6,7,8,10,11);(H,7,8)(H2,1,2,3)(H2,4,5,6). The first kappa shape index (κ1) is 21.3. The summed E-state index contributed by atoms with van der Waals surface area (Å²) in [5, 5.41) is 0.557. The summed E-state index contributed by atoms with van der Waals surface area (Å²) in [5.74, 6) is 0.365. The second-order valence-corrected chi connectivity index (χ2v) is 8.52. The molecule has 0 aromatic carbocycles. The van der Waals surface area contributed by atoms with Crippen molar-refractivity contribution in [2.75, 3.05) is 5.73 Å². The number of hydrogen-bond acceptors (Lipinski definition) is 10. The molecular formula is C5H8N5O10P3Se. The van der Waals surface area contributed by atoms with Crippen molar-refractivity contribution < 1.29 is 46.8 Å². The second kappa shape index (κ2) is 7.66. The Morgan fingerprint density at radius 3 is 1.88 bits per heavy atom. The zero-order chi connectivity index (χ0) is 18.8. The van der Waals surface area contributed by atoms with Crippen molar-refractivity contribution in [1.29, 1.82) is 0 Å². The Morgan fingerprint density at radius 1 is 0.958 bits per heavy atom. The molecule has 0 bridgehead atoms. The number of rotatable bonds is 4. The molecule has 0 amide bonds. The number of hydrogen-bond donors (Lipinski definition) is 6. The fourth-order valence-electron chi connectivity index (χ4n) is 1.07. The van der Waals surface area contributed by atoms with Gasteiger partial charge in [0.1, 0.15) is 0 Å². The van der Waals surface area contributed by atoms with Crippen LogP contribution in [-0.2, 0) is 22.3 Å². The molecular weight excluding hydrogens is 462 g/mol. The third-order valence-electron chi connectivity index (χ3n) is 1.66. The van der Waals surface area contributed by atoms with E-state index in [1.807, 2.05) is 0 Å². The minimum atomic E-state index is -5.46. The smallest absolute Gasteiger partial charge is 0.302 e. The summed E-state index contributed by atoms with van der Waals surface area (Å²) in [6, 6.07) is 0. The van der Waals surface area contributed by atoms with Gasteiger partial charge in [-0.05, 0) is 0 Å². The molecule has 1 aromatic rings. The molecule has 0 atom stereocenters. The largest absolute Gasteiger partial charge is 0.490 e. The van der Waals surface area contributed by atoms with Crippen LogP contribution in [0.15, 0.2) is 16.3 Å². The van der Waals surface area contributed by atoms with E-state index in [2.05, 4.69) is 44.1 Å². The predicted octanol–water partition coefficient (Wildman–Crippen LogP) is -3.13. The van der Waals surface area contributed by atoms with Crippen LogP contribution in [0.4, 0.5) is 5.82 Å². The molecule has 0 saturated heterocycles. The van der Waals surface area contributed by atoms with Gasteiger partial charge in [-0.15, -0.1) is 0 Å². The number of aromatic nitrogens is 2. The van der Waals surface area contributed by atoms with Crippen LogP contribution in [0.3, 0.4) is 0 Å². The van der Waals surface area contributed by atoms with Gasteiger partial charge >= 0.3 is 92.4 Å². The van der Waals surface area contributed by atoms with Gasteiger partial charge in [0.25, 0.3) is 0 Å². The van der Waals surface area contributed by atoms with E-state index in [1.165, 1.54) is 6.33 Å². The van der Waals surface area contributed by atoms with Crippen molar-refractivity contribution in [1.82, 2.24) is 9.97 Å². The van der Waals surface area contributed by atoms with E-state index >= 15 is 0 Å². The molecule has 0 radical (unpaired) electrons. The average molecular weight is 470 g/mol. The Labute approximate surface area is 139 Å². The topological polar surface area (TPSA) is 247 Å². The fraction of sp³-hybridized carbons (Fsp3) is 0. The fourth-order valence-corrected chi connectivity index (χ4v) is 3.98. The Bertz CT molecular complexity index is 880. The van der Waals surface area contributed by atoms with Crippen LogP contribution in [0.1, 0.15) is 0 Å². The van der Waals surface area contributed by atoms with Crippen LogP contribution >= 0.6 is 23.5 Å². The maximum atomic E-state index is 10.4. The molecule has 15 nitrogen and oxygen atoms in total. The Hall–Kier alpha value is -0.721. The Balaban J connectivity index is 0.000000242. The van der Waals surface area contributed by atoms with E-state index < -0.39 is 23.5 Å². The molecule has 24 heavy (non-hydrogen) atoms. The van der Waals surface area contributed by atoms with Crippen molar-refractivity contribution in [3.8, 4) is 0 Å². The summed E-state index contributed by atoms with van der Waals surface area (Å²) in [6.07, 6.45) is 1.37. The summed E-state index contributed by atoms with van der Waals surface area (Å²) < 4.78 is 36.9. The normalized spacial score (nSPS) is 14.1. The Kier molecular flexibility index (Phi) is 6.81. The SMILES string of the molecule is Nc1ncnc2c1=NC(=[Se])N=2.O=P(O)(O)OP(=O)(O)OP(=O)(O)O. The van der Waals surface area contributed by atoms with Crippen molar-refractivity contribution in [2.24, 2.45) is 9.98 Å². The van der Waals surface area contributed by atoms with Crippen LogP contribution in [-0.4, -0.2) is 54.7 Å². The van der Waals surface area contributed by atoms with Crippen LogP contribution in [0.5, 0.6) is 0 Å². The van der Waals surface area contributed by atoms with E-state index in [0.717, 1.165) is 0 Å². The first-order chi connectivity index (χ1) is 10.7. The molecule has 0 spiro atoms. The molecule has 1 aromatic heterocycles. The first-order valence-electron chi connectivity index (χ1n) is 5.13. The van der Waals surface area contributed by atoms with Crippen LogP contribution < -0.4 is 16.6 Å².